The Hall–Kier alpha value is -3.50. The summed E-state index contributed by atoms with van der Waals surface area (Å²) in [5.41, 5.74) is 2.57. The average Bonchev–Trinajstić information content (AvgIpc) is 3.49. The largest absolute Gasteiger partial charge is 0.369 e. The van der Waals surface area contributed by atoms with Crippen molar-refractivity contribution in [3.05, 3.63) is 53.4 Å². The Morgan fingerprint density at radius 3 is 2.59 bits per heavy atom. The highest BCUT2D eigenvalue weighted by Gasteiger charge is 2.22. The minimum atomic E-state index is -0.276. The second-order valence-corrected chi connectivity index (χ2v) is 10.2. The van der Waals surface area contributed by atoms with Crippen molar-refractivity contribution in [2.45, 2.75) is 26.2 Å². The van der Waals surface area contributed by atoms with E-state index in [0.717, 1.165) is 53.6 Å². The van der Waals surface area contributed by atoms with Gasteiger partial charge in [0.2, 0.25) is 0 Å². The van der Waals surface area contributed by atoms with Crippen molar-refractivity contribution < 1.29 is 4.79 Å². The topological polar surface area (TPSA) is 111 Å². The second-order valence-electron chi connectivity index (χ2n) is 9.31. The molecule has 5 rings (SSSR count). The van der Waals surface area contributed by atoms with Crippen LogP contribution in [0.1, 0.15) is 37.1 Å². The number of H-pyrrole nitrogens is 1. The number of nitrogens with one attached hydrogen (secondary N) is 4. The standard InChI is InChI=1S/C24H28N8OS/c1-24(2,3)23-29-20(17-8-13-34-22(17)30-23)28-18-14-26-31-19(18)21(33)27-15-4-6-16(7-5-15)32-11-9-25-10-12-32/h4-8,13-14,25H,9-12H2,1-3H3,(H,26,31)(H,27,33)(H,28,29,30). The van der Waals surface area contributed by atoms with E-state index in [9.17, 15) is 4.79 Å². The molecule has 0 unspecified atom stereocenters. The summed E-state index contributed by atoms with van der Waals surface area (Å²) in [5.74, 6) is 1.12. The van der Waals surface area contributed by atoms with Gasteiger partial charge >= 0.3 is 0 Å². The molecular weight excluding hydrogens is 448 g/mol. The van der Waals surface area contributed by atoms with E-state index >= 15 is 0 Å². The molecule has 9 nitrogen and oxygen atoms in total. The van der Waals surface area contributed by atoms with E-state index in [1.807, 2.05) is 35.7 Å². The van der Waals surface area contributed by atoms with Crippen LogP contribution in [0.15, 0.2) is 41.9 Å². The number of anilines is 4. The molecule has 3 aromatic heterocycles. The Kier molecular flexibility index (Phi) is 5.93. The molecule has 0 aliphatic carbocycles. The minimum absolute atomic E-state index is 0.206. The Morgan fingerprint density at radius 2 is 1.85 bits per heavy atom. The molecule has 1 amide bonds. The summed E-state index contributed by atoms with van der Waals surface area (Å²) in [6.07, 6.45) is 1.60. The summed E-state index contributed by atoms with van der Waals surface area (Å²) in [6.45, 7) is 10.2. The summed E-state index contributed by atoms with van der Waals surface area (Å²) in [4.78, 5) is 25.7. The fourth-order valence-electron chi connectivity index (χ4n) is 3.84. The summed E-state index contributed by atoms with van der Waals surface area (Å²) in [5, 5.41) is 19.4. The zero-order valence-corrected chi connectivity index (χ0v) is 20.3. The Labute approximate surface area is 202 Å². The predicted octanol–water partition coefficient (Wildman–Crippen LogP) is 4.12. The van der Waals surface area contributed by atoms with Gasteiger partial charge in [-0.25, -0.2) is 9.97 Å². The fraction of sp³-hybridized carbons (Fsp3) is 0.333. The maximum atomic E-state index is 13.0. The molecular formula is C24H28N8OS. The van der Waals surface area contributed by atoms with Crippen LogP contribution in [0.4, 0.5) is 22.9 Å². The molecule has 4 N–H and O–H groups in total. The lowest BCUT2D eigenvalue weighted by molar-refractivity contribution is 0.102. The highest BCUT2D eigenvalue weighted by molar-refractivity contribution is 7.16. The van der Waals surface area contributed by atoms with Crippen molar-refractivity contribution >= 4 is 50.3 Å². The van der Waals surface area contributed by atoms with Gasteiger partial charge in [-0.1, -0.05) is 20.8 Å². The molecule has 0 atom stereocenters. The number of nitrogens with zero attached hydrogens (tertiary/aromatic N) is 4. The van der Waals surface area contributed by atoms with Crippen molar-refractivity contribution in [2.75, 3.05) is 41.7 Å². The van der Waals surface area contributed by atoms with E-state index in [1.165, 1.54) is 0 Å². The number of rotatable bonds is 5. The Balaban J connectivity index is 1.35. The van der Waals surface area contributed by atoms with E-state index in [-0.39, 0.29) is 11.3 Å². The van der Waals surface area contributed by atoms with E-state index in [1.54, 1.807) is 17.5 Å². The monoisotopic (exact) mass is 476 g/mol. The average molecular weight is 477 g/mol. The van der Waals surface area contributed by atoms with Crippen LogP contribution in [0, 0.1) is 0 Å². The molecule has 1 saturated heterocycles. The first kappa shape index (κ1) is 22.3. The summed E-state index contributed by atoms with van der Waals surface area (Å²) in [7, 11) is 0. The SMILES string of the molecule is CC(C)(C)c1nc(Nc2cn[nH]c2C(=O)Nc2ccc(N3CCNCC3)cc2)c2ccsc2n1. The van der Waals surface area contributed by atoms with Gasteiger partial charge in [-0.2, -0.15) is 5.10 Å². The summed E-state index contributed by atoms with van der Waals surface area (Å²) < 4.78 is 0. The van der Waals surface area contributed by atoms with Crippen LogP contribution < -0.4 is 20.9 Å². The molecule has 34 heavy (non-hydrogen) atoms. The van der Waals surface area contributed by atoms with Gasteiger partial charge in [0.15, 0.2) is 0 Å². The van der Waals surface area contributed by atoms with Crippen LogP contribution in [0.25, 0.3) is 10.2 Å². The van der Waals surface area contributed by atoms with Gasteiger partial charge in [0.25, 0.3) is 5.91 Å². The lowest BCUT2D eigenvalue weighted by Gasteiger charge is -2.29. The van der Waals surface area contributed by atoms with Crippen LogP contribution in [0.5, 0.6) is 0 Å². The number of amides is 1. The predicted molar refractivity (Wildman–Crippen MR) is 137 cm³/mol. The molecule has 1 fully saturated rings. The van der Waals surface area contributed by atoms with Gasteiger partial charge in [-0.15, -0.1) is 11.3 Å². The lowest BCUT2D eigenvalue weighted by Crippen LogP contribution is -2.43. The van der Waals surface area contributed by atoms with Crippen LogP contribution in [-0.4, -0.2) is 52.3 Å². The molecule has 176 valence electrons. The van der Waals surface area contributed by atoms with Crippen molar-refractivity contribution in [2.24, 2.45) is 0 Å². The molecule has 1 aliphatic heterocycles. The van der Waals surface area contributed by atoms with E-state index < -0.39 is 0 Å². The van der Waals surface area contributed by atoms with Crippen molar-refractivity contribution in [1.82, 2.24) is 25.5 Å². The molecule has 0 bridgehead atoms. The smallest absolute Gasteiger partial charge is 0.275 e. The number of thiophene rings is 1. The Bertz CT molecular complexity index is 1300. The zero-order valence-electron chi connectivity index (χ0n) is 19.5. The van der Waals surface area contributed by atoms with E-state index in [0.29, 0.717) is 17.2 Å². The number of carbonyl (C=O) groups excluding carboxylic acids is 1. The highest BCUT2D eigenvalue weighted by atomic mass is 32.1. The third-order valence-corrected chi connectivity index (χ3v) is 6.53. The first-order valence-electron chi connectivity index (χ1n) is 11.3. The van der Waals surface area contributed by atoms with Crippen LogP contribution in [-0.2, 0) is 5.41 Å². The third-order valence-electron chi connectivity index (χ3n) is 5.72. The fourth-order valence-corrected chi connectivity index (χ4v) is 4.60. The van der Waals surface area contributed by atoms with Gasteiger partial charge in [0.05, 0.1) is 17.3 Å². The number of carbonyl (C=O) groups is 1. The maximum Gasteiger partial charge on any atom is 0.275 e. The number of hydrogen-bond donors (Lipinski definition) is 4. The normalized spacial score (nSPS) is 14.4. The molecule has 10 heteroatoms. The van der Waals surface area contributed by atoms with Crippen molar-refractivity contribution in [3.63, 3.8) is 0 Å². The Morgan fingerprint density at radius 1 is 1.09 bits per heavy atom. The van der Waals surface area contributed by atoms with Gasteiger partial charge in [-0.3, -0.25) is 9.89 Å². The van der Waals surface area contributed by atoms with Crippen molar-refractivity contribution in [3.8, 4) is 0 Å². The molecule has 0 saturated carbocycles. The van der Waals surface area contributed by atoms with E-state index in [4.69, 9.17) is 9.97 Å². The van der Waals surface area contributed by atoms with Crippen LogP contribution in [0.2, 0.25) is 0 Å². The molecule has 0 spiro atoms. The van der Waals surface area contributed by atoms with Crippen LogP contribution in [0.3, 0.4) is 0 Å². The van der Waals surface area contributed by atoms with Gasteiger partial charge in [0.1, 0.15) is 22.2 Å². The molecule has 0 radical (unpaired) electrons. The van der Waals surface area contributed by atoms with Gasteiger partial charge < -0.3 is 20.9 Å². The number of aromatic nitrogens is 4. The lowest BCUT2D eigenvalue weighted by atomic mass is 9.96. The number of fused-ring (bicyclic) bond motifs is 1. The number of benzene rings is 1. The third kappa shape index (κ3) is 4.59. The summed E-state index contributed by atoms with van der Waals surface area (Å²) in [6, 6.07) is 9.90. The van der Waals surface area contributed by atoms with E-state index in [2.05, 4.69) is 51.8 Å². The zero-order chi connectivity index (χ0) is 23.7. The summed E-state index contributed by atoms with van der Waals surface area (Å²) >= 11 is 1.57. The number of hydrogen-bond acceptors (Lipinski definition) is 8. The first-order chi connectivity index (χ1) is 16.4. The molecule has 1 aliphatic rings. The highest BCUT2D eigenvalue weighted by Crippen LogP contribution is 2.31. The molecule has 1 aromatic carbocycles. The number of aromatic amines is 1. The first-order valence-corrected chi connectivity index (χ1v) is 12.2. The molecule has 4 aromatic rings. The van der Waals surface area contributed by atoms with Crippen molar-refractivity contribution in [1.29, 1.82) is 0 Å². The van der Waals surface area contributed by atoms with Gasteiger partial charge in [-0.05, 0) is 35.7 Å². The second kappa shape index (κ2) is 9.03. The minimum Gasteiger partial charge on any atom is -0.369 e. The van der Waals surface area contributed by atoms with Gasteiger partial charge in [0, 0.05) is 43.0 Å². The number of piperazine rings is 1. The quantitative estimate of drug-likeness (QED) is 0.343. The van der Waals surface area contributed by atoms with Crippen LogP contribution >= 0.6 is 11.3 Å². The maximum absolute atomic E-state index is 13.0. The molecule has 4 heterocycles.